The maximum absolute atomic E-state index is 13.0. The molecule has 1 N–H and O–H groups in total. The van der Waals surface area contributed by atoms with Gasteiger partial charge in [-0.3, -0.25) is 4.79 Å². The molecule has 0 bridgehead atoms. The van der Waals surface area contributed by atoms with Crippen molar-refractivity contribution in [3.8, 4) is 0 Å². The molecule has 1 aliphatic heterocycles. The monoisotopic (exact) mass is 320 g/mol. The lowest BCUT2D eigenvalue weighted by atomic mass is 10.1. The molecule has 1 aliphatic rings. The van der Waals surface area contributed by atoms with Crippen molar-refractivity contribution >= 4 is 23.2 Å². The largest absolute Gasteiger partial charge is 0.438 e. The minimum absolute atomic E-state index is 0.0152. The van der Waals surface area contributed by atoms with Gasteiger partial charge in [-0.25, -0.2) is 0 Å². The van der Waals surface area contributed by atoms with Crippen molar-refractivity contribution in [2.75, 3.05) is 0 Å². The number of nitrogens with zero attached hydrogens (tertiary/aromatic N) is 2. The number of amides is 1. The molecular formula is C13H12ClF3N2O2. The minimum atomic E-state index is -5.02. The Balaban J connectivity index is 2.43. The quantitative estimate of drug-likeness (QED) is 0.864. The Labute approximate surface area is 123 Å². The van der Waals surface area contributed by atoms with Crippen LogP contribution in [0.2, 0.25) is 5.02 Å². The summed E-state index contributed by atoms with van der Waals surface area (Å²) < 4.78 is 39.1. The van der Waals surface area contributed by atoms with Gasteiger partial charge in [-0.2, -0.15) is 23.3 Å². The van der Waals surface area contributed by atoms with Gasteiger partial charge in [-0.15, -0.1) is 0 Å². The van der Waals surface area contributed by atoms with Gasteiger partial charge >= 0.3 is 6.18 Å². The van der Waals surface area contributed by atoms with E-state index in [-0.39, 0.29) is 21.3 Å². The zero-order chi connectivity index (χ0) is 16.0. The van der Waals surface area contributed by atoms with E-state index in [1.807, 2.05) is 0 Å². The van der Waals surface area contributed by atoms with Crippen LogP contribution in [0.15, 0.2) is 23.3 Å². The first kappa shape index (κ1) is 15.8. The number of benzene rings is 1. The van der Waals surface area contributed by atoms with Crippen LogP contribution in [0.3, 0.4) is 0 Å². The minimum Gasteiger partial charge on any atom is -0.362 e. The lowest BCUT2D eigenvalue weighted by Crippen LogP contribution is -2.56. The third-order valence-corrected chi connectivity index (χ3v) is 3.60. The van der Waals surface area contributed by atoms with Gasteiger partial charge in [-0.1, -0.05) is 17.7 Å². The molecule has 1 heterocycles. The highest BCUT2D eigenvalue weighted by molar-refractivity contribution is 6.31. The molecule has 114 valence electrons. The Morgan fingerprint density at radius 2 is 2.05 bits per heavy atom. The average Bonchev–Trinajstić information content (AvgIpc) is 2.68. The average molecular weight is 321 g/mol. The van der Waals surface area contributed by atoms with Crippen LogP contribution in [0, 0.1) is 6.92 Å². The predicted octanol–water partition coefficient (Wildman–Crippen LogP) is 3.12. The van der Waals surface area contributed by atoms with Gasteiger partial charge in [0.15, 0.2) is 0 Å². The summed E-state index contributed by atoms with van der Waals surface area (Å²) in [6.07, 6.45) is -5.79. The topological polar surface area (TPSA) is 52.9 Å². The zero-order valence-electron chi connectivity index (χ0n) is 11.2. The molecule has 0 radical (unpaired) electrons. The van der Waals surface area contributed by atoms with Gasteiger partial charge in [0.1, 0.15) is 0 Å². The Kier molecular flexibility index (Phi) is 3.75. The van der Waals surface area contributed by atoms with Crippen molar-refractivity contribution in [2.24, 2.45) is 5.10 Å². The number of rotatable bonds is 1. The van der Waals surface area contributed by atoms with Crippen LogP contribution in [0.5, 0.6) is 0 Å². The summed E-state index contributed by atoms with van der Waals surface area (Å²) in [6, 6.07) is 4.09. The van der Waals surface area contributed by atoms with E-state index in [1.165, 1.54) is 25.1 Å². The summed E-state index contributed by atoms with van der Waals surface area (Å²) in [4.78, 5) is 12.2. The molecule has 2 rings (SSSR count). The van der Waals surface area contributed by atoms with Gasteiger partial charge in [0.25, 0.3) is 11.6 Å². The van der Waals surface area contributed by atoms with Crippen LogP contribution in [-0.2, 0) is 0 Å². The van der Waals surface area contributed by atoms with E-state index in [9.17, 15) is 23.1 Å². The lowest BCUT2D eigenvalue weighted by Gasteiger charge is -2.32. The van der Waals surface area contributed by atoms with Crippen molar-refractivity contribution in [3.63, 3.8) is 0 Å². The van der Waals surface area contributed by atoms with E-state index in [0.717, 1.165) is 0 Å². The Morgan fingerprint density at radius 3 is 2.57 bits per heavy atom. The zero-order valence-corrected chi connectivity index (χ0v) is 12.0. The van der Waals surface area contributed by atoms with Crippen molar-refractivity contribution in [1.29, 1.82) is 0 Å². The number of aryl methyl sites for hydroxylation is 1. The Morgan fingerprint density at radius 1 is 1.43 bits per heavy atom. The van der Waals surface area contributed by atoms with E-state index in [2.05, 4.69) is 5.10 Å². The number of carbonyl (C=O) groups is 1. The molecule has 0 saturated carbocycles. The number of hydrazone groups is 1. The van der Waals surface area contributed by atoms with E-state index in [4.69, 9.17) is 11.6 Å². The summed E-state index contributed by atoms with van der Waals surface area (Å²) in [5.74, 6) is -1.06. The first-order valence-electron chi connectivity index (χ1n) is 6.00. The molecule has 8 heteroatoms. The number of carbonyl (C=O) groups excluding carboxylic acids is 1. The molecule has 0 saturated heterocycles. The molecule has 1 unspecified atom stereocenters. The number of aliphatic hydroxyl groups is 1. The third-order valence-electron chi connectivity index (χ3n) is 3.19. The van der Waals surface area contributed by atoms with Gasteiger partial charge < -0.3 is 5.11 Å². The van der Waals surface area contributed by atoms with Crippen LogP contribution >= 0.6 is 11.6 Å². The van der Waals surface area contributed by atoms with Crippen molar-refractivity contribution in [2.45, 2.75) is 32.2 Å². The molecular weight excluding hydrogens is 309 g/mol. The summed E-state index contributed by atoms with van der Waals surface area (Å²) in [5.41, 5.74) is -2.71. The van der Waals surface area contributed by atoms with Gasteiger partial charge in [0, 0.05) is 22.7 Å². The maximum atomic E-state index is 13.0. The number of alkyl halides is 3. The van der Waals surface area contributed by atoms with Crippen molar-refractivity contribution in [3.05, 3.63) is 34.3 Å². The molecule has 1 atom stereocenters. The second-order valence-electron chi connectivity index (χ2n) is 4.91. The number of halogens is 4. The van der Waals surface area contributed by atoms with Crippen LogP contribution in [0.25, 0.3) is 0 Å². The van der Waals surface area contributed by atoms with E-state index >= 15 is 0 Å². The molecule has 1 aromatic rings. The fourth-order valence-corrected chi connectivity index (χ4v) is 2.18. The fourth-order valence-electron chi connectivity index (χ4n) is 2.00. The third kappa shape index (κ3) is 2.63. The molecule has 1 amide bonds. The van der Waals surface area contributed by atoms with Gasteiger partial charge in [0.05, 0.1) is 0 Å². The van der Waals surface area contributed by atoms with Crippen molar-refractivity contribution < 1.29 is 23.1 Å². The lowest BCUT2D eigenvalue weighted by molar-refractivity contribution is -0.297. The molecule has 0 aliphatic carbocycles. The number of hydrogen-bond donors (Lipinski definition) is 1. The molecule has 0 spiro atoms. The first-order valence-corrected chi connectivity index (χ1v) is 6.38. The SMILES string of the molecule is CC1=NN(C(=O)c2ccc(C)c(Cl)c2)C(O)(C(F)(F)F)C1. The molecule has 1 aromatic carbocycles. The Hall–Kier alpha value is -1.60. The van der Waals surface area contributed by atoms with Crippen LogP contribution < -0.4 is 0 Å². The van der Waals surface area contributed by atoms with E-state index < -0.39 is 24.2 Å². The normalized spacial score (nSPS) is 22.4. The Bertz CT molecular complexity index is 630. The molecule has 21 heavy (non-hydrogen) atoms. The van der Waals surface area contributed by atoms with Gasteiger partial charge in [-0.05, 0) is 31.5 Å². The number of hydrogen-bond acceptors (Lipinski definition) is 3. The molecule has 0 aromatic heterocycles. The van der Waals surface area contributed by atoms with Crippen LogP contribution in [0.4, 0.5) is 13.2 Å². The standard InChI is InChI=1S/C13H12ClF3N2O2/c1-7-3-4-9(5-10(7)14)11(20)19-12(21,13(15,16)17)6-8(2)18-19/h3-5,21H,6H2,1-2H3. The fraction of sp³-hybridized carbons (Fsp3) is 0.385. The highest BCUT2D eigenvalue weighted by atomic mass is 35.5. The van der Waals surface area contributed by atoms with E-state index in [1.54, 1.807) is 6.92 Å². The molecule has 0 fully saturated rings. The summed E-state index contributed by atoms with van der Waals surface area (Å²) in [7, 11) is 0. The second kappa shape index (κ2) is 4.99. The summed E-state index contributed by atoms with van der Waals surface area (Å²) in [6.45, 7) is 3.01. The highest BCUT2D eigenvalue weighted by Gasteiger charge is 2.62. The van der Waals surface area contributed by atoms with Crippen LogP contribution in [-0.4, -0.2) is 33.6 Å². The highest BCUT2D eigenvalue weighted by Crippen LogP contribution is 2.41. The van der Waals surface area contributed by atoms with Gasteiger partial charge in [0.2, 0.25) is 0 Å². The predicted molar refractivity (Wildman–Crippen MR) is 71.1 cm³/mol. The maximum Gasteiger partial charge on any atom is 0.438 e. The summed E-state index contributed by atoms with van der Waals surface area (Å²) in [5, 5.41) is 13.7. The first-order chi connectivity index (χ1) is 9.56. The second-order valence-corrected chi connectivity index (χ2v) is 5.31. The van der Waals surface area contributed by atoms with Crippen LogP contribution in [0.1, 0.15) is 29.3 Å². The smallest absolute Gasteiger partial charge is 0.362 e. The molecule has 4 nitrogen and oxygen atoms in total. The summed E-state index contributed by atoms with van der Waals surface area (Å²) >= 11 is 5.86. The van der Waals surface area contributed by atoms with E-state index in [0.29, 0.717) is 5.56 Å². The van der Waals surface area contributed by atoms with Crippen molar-refractivity contribution in [1.82, 2.24) is 5.01 Å².